The molecule has 2 fully saturated rings. The molecule has 166 valence electrons. The van der Waals surface area contributed by atoms with Crippen molar-refractivity contribution in [1.29, 1.82) is 0 Å². The van der Waals surface area contributed by atoms with Crippen molar-refractivity contribution in [3.8, 4) is 0 Å². The fourth-order valence-corrected chi connectivity index (χ4v) is 6.87. The third-order valence-corrected chi connectivity index (χ3v) is 8.73. The number of benzene rings is 1. The van der Waals surface area contributed by atoms with Crippen LogP contribution in [0.4, 0.5) is 0 Å². The van der Waals surface area contributed by atoms with Crippen molar-refractivity contribution < 1.29 is 9.59 Å². The highest BCUT2D eigenvalue weighted by Gasteiger charge is 2.47. The summed E-state index contributed by atoms with van der Waals surface area (Å²) in [5.41, 5.74) is 0.369. The predicted octanol–water partition coefficient (Wildman–Crippen LogP) is 3.21. The van der Waals surface area contributed by atoms with Crippen molar-refractivity contribution in [1.82, 2.24) is 19.4 Å². The maximum absolute atomic E-state index is 13.0. The Morgan fingerprint density at radius 2 is 2.03 bits per heavy atom. The van der Waals surface area contributed by atoms with Gasteiger partial charge in [-0.05, 0) is 43.0 Å². The van der Waals surface area contributed by atoms with E-state index in [-0.39, 0.29) is 41.3 Å². The summed E-state index contributed by atoms with van der Waals surface area (Å²) in [4.78, 5) is 46.8. The molecule has 2 saturated heterocycles. The van der Waals surface area contributed by atoms with Gasteiger partial charge in [-0.25, -0.2) is 4.98 Å². The average Bonchev–Trinajstić information content (AvgIpc) is 3.52. The van der Waals surface area contributed by atoms with Gasteiger partial charge in [0.1, 0.15) is 6.54 Å². The molecule has 10 heteroatoms. The zero-order valence-corrected chi connectivity index (χ0v) is 20.5. The van der Waals surface area contributed by atoms with Gasteiger partial charge in [0.2, 0.25) is 11.8 Å². The maximum Gasteiger partial charge on any atom is 0.261 e. The second kappa shape index (κ2) is 8.64. The van der Waals surface area contributed by atoms with E-state index in [1.807, 2.05) is 34.2 Å². The van der Waals surface area contributed by atoms with Gasteiger partial charge < -0.3 is 9.80 Å². The number of carbonyl (C=O) groups excluding carboxylic acids is 2. The number of rotatable bonds is 5. The van der Waals surface area contributed by atoms with Crippen LogP contribution < -0.4 is 5.56 Å². The lowest BCUT2D eigenvalue weighted by molar-refractivity contribution is -0.139. The van der Waals surface area contributed by atoms with Crippen molar-refractivity contribution in [3.05, 3.63) is 56.9 Å². The molecule has 3 aromatic rings. The summed E-state index contributed by atoms with van der Waals surface area (Å²) in [5, 5.41) is 2.34. The molecule has 0 radical (unpaired) electrons. The Hall–Kier alpha value is -2.17. The van der Waals surface area contributed by atoms with Crippen molar-refractivity contribution in [2.24, 2.45) is 0 Å². The molecule has 0 saturated carbocycles. The molecule has 2 bridgehead atoms. The summed E-state index contributed by atoms with van der Waals surface area (Å²) in [7, 11) is 0. The number of fused-ring (bicyclic) bond motifs is 3. The minimum Gasteiger partial charge on any atom is -0.335 e. The Kier molecular flexibility index (Phi) is 5.85. The predicted molar refractivity (Wildman–Crippen MR) is 129 cm³/mol. The van der Waals surface area contributed by atoms with E-state index in [1.165, 1.54) is 10.9 Å². The fourth-order valence-electron chi connectivity index (χ4n) is 4.51. The van der Waals surface area contributed by atoms with Crippen LogP contribution in [0.1, 0.15) is 13.3 Å². The lowest BCUT2D eigenvalue weighted by Gasteiger charge is -2.35. The van der Waals surface area contributed by atoms with E-state index in [0.29, 0.717) is 24.0 Å². The summed E-state index contributed by atoms with van der Waals surface area (Å²) in [6.45, 7) is 2.98. The number of aromatic nitrogens is 2. The molecule has 3 atom stereocenters. The van der Waals surface area contributed by atoms with Crippen LogP contribution in [-0.4, -0.2) is 61.6 Å². The van der Waals surface area contributed by atoms with Crippen LogP contribution in [0, 0.1) is 0 Å². The number of thiophene rings is 1. The second-order valence-corrected chi connectivity index (χ2v) is 11.6. The van der Waals surface area contributed by atoms with Gasteiger partial charge in [0, 0.05) is 17.6 Å². The number of likely N-dealkylation sites (tertiary alicyclic amines) is 2. The molecule has 2 aliphatic heterocycles. The van der Waals surface area contributed by atoms with E-state index < -0.39 is 0 Å². The molecule has 1 unspecified atom stereocenters. The van der Waals surface area contributed by atoms with Gasteiger partial charge in [0.15, 0.2) is 0 Å². The smallest absolute Gasteiger partial charge is 0.261 e. The first-order valence-electron chi connectivity index (χ1n) is 10.4. The number of nitrogens with zero attached hydrogens (tertiary/aromatic N) is 4. The lowest BCUT2D eigenvalue weighted by Crippen LogP contribution is -2.53. The Morgan fingerprint density at radius 3 is 2.75 bits per heavy atom. The summed E-state index contributed by atoms with van der Waals surface area (Å²) in [6, 6.07) is 9.36. The first kappa shape index (κ1) is 21.7. The van der Waals surface area contributed by atoms with Crippen LogP contribution in [0.2, 0.25) is 0 Å². The van der Waals surface area contributed by atoms with E-state index in [9.17, 15) is 14.4 Å². The van der Waals surface area contributed by atoms with Crippen molar-refractivity contribution in [2.45, 2.75) is 41.4 Å². The van der Waals surface area contributed by atoms with Gasteiger partial charge in [-0.15, -0.1) is 23.1 Å². The number of halogens is 1. The summed E-state index contributed by atoms with van der Waals surface area (Å²) >= 11 is 6.60. The Balaban J connectivity index is 1.24. The highest BCUT2D eigenvalue weighted by molar-refractivity contribution is 9.10. The monoisotopic (exact) mass is 532 g/mol. The van der Waals surface area contributed by atoms with Gasteiger partial charge >= 0.3 is 0 Å². The summed E-state index contributed by atoms with van der Waals surface area (Å²) < 4.78 is 3.35. The van der Waals surface area contributed by atoms with Crippen LogP contribution >= 0.6 is 39.0 Å². The number of thioether (sulfide) groups is 1. The third-order valence-electron chi connectivity index (χ3n) is 6.07. The van der Waals surface area contributed by atoms with Gasteiger partial charge in [0.05, 0.1) is 38.8 Å². The van der Waals surface area contributed by atoms with Gasteiger partial charge in [-0.3, -0.25) is 19.0 Å². The first-order valence-corrected chi connectivity index (χ1v) is 12.9. The molecule has 4 heterocycles. The molecule has 32 heavy (non-hydrogen) atoms. The molecular formula is C22H21BrN4O3S2. The molecule has 0 spiro atoms. The second-order valence-electron chi connectivity index (χ2n) is 8.11. The minimum absolute atomic E-state index is 0.00969. The van der Waals surface area contributed by atoms with Crippen LogP contribution in [0.3, 0.4) is 0 Å². The third kappa shape index (κ3) is 3.99. The Morgan fingerprint density at radius 1 is 1.25 bits per heavy atom. The average molecular weight is 533 g/mol. The molecule has 2 aromatic heterocycles. The Bertz CT molecular complexity index is 1250. The quantitative estimate of drug-likeness (QED) is 0.471. The maximum atomic E-state index is 13.0. The van der Waals surface area contributed by atoms with Crippen LogP contribution in [0.5, 0.6) is 0 Å². The fraction of sp³-hybridized carbons (Fsp3) is 0.364. The number of hydrogen-bond donors (Lipinski definition) is 0. The molecule has 7 nitrogen and oxygen atoms in total. The summed E-state index contributed by atoms with van der Waals surface area (Å²) in [6.07, 6.45) is 2.23. The molecule has 5 rings (SSSR count). The van der Waals surface area contributed by atoms with Crippen molar-refractivity contribution >= 4 is 61.7 Å². The number of hydrogen-bond acceptors (Lipinski definition) is 6. The zero-order valence-electron chi connectivity index (χ0n) is 17.3. The molecule has 0 N–H and O–H groups in total. The van der Waals surface area contributed by atoms with E-state index in [1.54, 1.807) is 41.3 Å². The lowest BCUT2D eigenvalue weighted by atomic mass is 10.2. The minimum atomic E-state index is -0.226. The van der Waals surface area contributed by atoms with Gasteiger partial charge in [0.25, 0.3) is 5.56 Å². The number of piperazine rings is 1. The zero-order chi connectivity index (χ0) is 22.4. The van der Waals surface area contributed by atoms with Crippen molar-refractivity contribution in [3.63, 3.8) is 0 Å². The molecular weight excluding hydrogens is 512 g/mol. The molecule has 2 aliphatic rings. The topological polar surface area (TPSA) is 75.5 Å². The normalized spacial score (nSPS) is 20.8. The van der Waals surface area contributed by atoms with Gasteiger partial charge in [-0.1, -0.05) is 22.0 Å². The molecule has 2 amide bonds. The molecule has 1 aromatic carbocycles. The van der Waals surface area contributed by atoms with Crippen LogP contribution in [-0.2, 0) is 16.1 Å². The van der Waals surface area contributed by atoms with Crippen LogP contribution in [0.25, 0.3) is 10.9 Å². The SMILES string of the molecule is CC(Sc1cccs1)C(=O)N1C[C@H]2C[C@H]1CN2C(=O)Cn1cnc2cc(Br)ccc2c1=O. The number of amides is 2. The standard InChI is InChI=1S/C22H21BrN4O3S2/c1-13(32-20-3-2-6-31-20)21(29)27-10-15-8-16(27)9-26(15)19(28)11-25-12-24-18-7-14(23)4-5-17(18)22(25)30/h2-7,12-13,15-16H,8-11H2,1H3/t13?,15-,16+/m1/s1. The van der Waals surface area contributed by atoms with Gasteiger partial charge in [-0.2, -0.15) is 0 Å². The first-order chi connectivity index (χ1) is 15.4. The van der Waals surface area contributed by atoms with E-state index in [4.69, 9.17) is 0 Å². The van der Waals surface area contributed by atoms with Crippen molar-refractivity contribution in [2.75, 3.05) is 13.1 Å². The van der Waals surface area contributed by atoms with E-state index >= 15 is 0 Å². The Labute approximate surface area is 201 Å². The van der Waals surface area contributed by atoms with E-state index in [0.717, 1.165) is 15.1 Å². The largest absolute Gasteiger partial charge is 0.335 e. The highest BCUT2D eigenvalue weighted by Crippen LogP contribution is 2.34. The molecule has 0 aliphatic carbocycles. The highest BCUT2D eigenvalue weighted by atomic mass is 79.9. The summed E-state index contributed by atoms with van der Waals surface area (Å²) in [5.74, 6) is 0.0232. The van der Waals surface area contributed by atoms with E-state index in [2.05, 4.69) is 20.9 Å². The van der Waals surface area contributed by atoms with Crippen LogP contribution in [0.15, 0.2) is 55.5 Å². The number of carbonyl (C=O) groups is 2.